The number of likely N-dealkylation sites (tertiary alicyclic amines) is 1. The van der Waals surface area contributed by atoms with Gasteiger partial charge in [0.25, 0.3) is 0 Å². The van der Waals surface area contributed by atoms with Gasteiger partial charge >= 0.3 is 0 Å². The summed E-state index contributed by atoms with van der Waals surface area (Å²) >= 11 is 4.90. The fourth-order valence-electron chi connectivity index (χ4n) is 2.58. The third kappa shape index (κ3) is 3.55. The monoisotopic (exact) mass is 292 g/mol. The molecule has 1 amide bonds. The maximum absolute atomic E-state index is 12.3. The average Bonchev–Trinajstić information content (AvgIpc) is 2.47. The molecule has 3 N–H and O–H groups in total. The van der Waals surface area contributed by atoms with E-state index in [-0.39, 0.29) is 18.6 Å². The topological polar surface area (TPSA) is 66.6 Å². The highest BCUT2D eigenvalue weighted by molar-refractivity contribution is 7.80. The van der Waals surface area contributed by atoms with E-state index in [1.807, 2.05) is 29.2 Å². The Bertz CT molecular complexity index is 487. The first-order valence-corrected chi connectivity index (χ1v) is 7.31. The lowest BCUT2D eigenvalue weighted by Crippen LogP contribution is -2.46. The van der Waals surface area contributed by atoms with Crippen molar-refractivity contribution < 1.29 is 9.90 Å². The second kappa shape index (κ2) is 6.81. The van der Waals surface area contributed by atoms with Gasteiger partial charge < -0.3 is 15.7 Å². The van der Waals surface area contributed by atoms with Gasteiger partial charge in [0, 0.05) is 12.1 Å². The average molecular weight is 292 g/mol. The van der Waals surface area contributed by atoms with E-state index in [0.717, 1.165) is 36.9 Å². The van der Waals surface area contributed by atoms with E-state index in [2.05, 4.69) is 0 Å². The van der Waals surface area contributed by atoms with Gasteiger partial charge in [0.2, 0.25) is 5.91 Å². The summed E-state index contributed by atoms with van der Waals surface area (Å²) in [6, 6.07) is 7.41. The largest absolute Gasteiger partial charge is 0.394 e. The quantitative estimate of drug-likeness (QED) is 0.819. The Kier molecular flexibility index (Phi) is 5.09. The lowest BCUT2D eigenvalue weighted by Gasteiger charge is -2.34. The van der Waals surface area contributed by atoms with Crippen LogP contribution < -0.4 is 5.73 Å². The molecule has 1 heterocycles. The Morgan fingerprint density at radius 1 is 1.35 bits per heavy atom. The van der Waals surface area contributed by atoms with Crippen LogP contribution in [-0.2, 0) is 11.2 Å². The van der Waals surface area contributed by atoms with Crippen LogP contribution in [0.25, 0.3) is 0 Å². The van der Waals surface area contributed by atoms with Crippen molar-refractivity contribution >= 4 is 23.1 Å². The summed E-state index contributed by atoms with van der Waals surface area (Å²) in [4.78, 5) is 14.5. The molecule has 1 aromatic carbocycles. The zero-order valence-corrected chi connectivity index (χ0v) is 12.2. The molecule has 0 saturated carbocycles. The van der Waals surface area contributed by atoms with Crippen molar-refractivity contribution in [2.45, 2.75) is 31.7 Å². The Balaban J connectivity index is 2.01. The van der Waals surface area contributed by atoms with Crippen LogP contribution in [0, 0.1) is 0 Å². The van der Waals surface area contributed by atoms with E-state index < -0.39 is 0 Å². The molecule has 2 rings (SSSR count). The van der Waals surface area contributed by atoms with Gasteiger partial charge in [0.15, 0.2) is 0 Å². The minimum absolute atomic E-state index is 0.0212. The summed E-state index contributed by atoms with van der Waals surface area (Å²) in [5.74, 6) is 0.0758. The lowest BCUT2D eigenvalue weighted by atomic mass is 10.0. The highest BCUT2D eigenvalue weighted by Crippen LogP contribution is 2.18. The summed E-state index contributed by atoms with van der Waals surface area (Å²) in [6.07, 6.45) is 3.34. The zero-order valence-electron chi connectivity index (χ0n) is 11.4. The van der Waals surface area contributed by atoms with Crippen LogP contribution >= 0.6 is 12.2 Å². The van der Waals surface area contributed by atoms with Crippen LogP contribution in [0.5, 0.6) is 0 Å². The molecule has 0 radical (unpaired) electrons. The van der Waals surface area contributed by atoms with Crippen molar-refractivity contribution in [2.24, 2.45) is 5.73 Å². The second-order valence-electron chi connectivity index (χ2n) is 5.16. The van der Waals surface area contributed by atoms with Gasteiger partial charge in [-0.3, -0.25) is 4.79 Å². The van der Waals surface area contributed by atoms with Gasteiger partial charge in [-0.15, -0.1) is 0 Å². The third-order valence-corrected chi connectivity index (χ3v) is 3.99. The number of nitrogens with two attached hydrogens (primary N) is 1. The van der Waals surface area contributed by atoms with E-state index in [0.29, 0.717) is 11.4 Å². The first kappa shape index (κ1) is 14.9. The molecule has 1 atom stereocenters. The minimum Gasteiger partial charge on any atom is -0.394 e. The second-order valence-corrected chi connectivity index (χ2v) is 5.60. The smallest absolute Gasteiger partial charge is 0.227 e. The Morgan fingerprint density at radius 2 is 2.05 bits per heavy atom. The molecule has 1 aromatic rings. The molecule has 108 valence electrons. The molecule has 0 aliphatic carbocycles. The van der Waals surface area contributed by atoms with Crippen molar-refractivity contribution in [3.63, 3.8) is 0 Å². The van der Waals surface area contributed by atoms with Gasteiger partial charge in [0.05, 0.1) is 19.1 Å². The fraction of sp³-hybridized carbons (Fsp3) is 0.467. The predicted molar refractivity (Wildman–Crippen MR) is 82.5 cm³/mol. The predicted octanol–water partition coefficient (Wildman–Crippen LogP) is 1.24. The number of carbonyl (C=O) groups is 1. The van der Waals surface area contributed by atoms with Gasteiger partial charge in [-0.1, -0.05) is 36.5 Å². The summed E-state index contributed by atoms with van der Waals surface area (Å²) < 4.78 is 0. The van der Waals surface area contributed by atoms with Gasteiger partial charge in [0.1, 0.15) is 4.99 Å². The molecule has 1 fully saturated rings. The fourth-order valence-corrected chi connectivity index (χ4v) is 2.72. The molecule has 0 spiro atoms. The maximum atomic E-state index is 12.3. The Hall–Kier alpha value is -1.46. The van der Waals surface area contributed by atoms with Gasteiger partial charge in [-0.25, -0.2) is 0 Å². The number of aliphatic hydroxyl groups excluding tert-OH is 1. The summed E-state index contributed by atoms with van der Waals surface area (Å²) in [5, 5.41) is 9.35. The number of benzene rings is 1. The number of carbonyl (C=O) groups excluding carboxylic acids is 1. The van der Waals surface area contributed by atoms with E-state index in [4.69, 9.17) is 18.0 Å². The molecular formula is C15H20N2O2S. The van der Waals surface area contributed by atoms with Crippen LogP contribution in [0.3, 0.4) is 0 Å². The summed E-state index contributed by atoms with van der Waals surface area (Å²) in [6.45, 7) is 0.793. The van der Waals surface area contributed by atoms with Crippen LogP contribution in [0.4, 0.5) is 0 Å². The van der Waals surface area contributed by atoms with Crippen molar-refractivity contribution in [1.82, 2.24) is 4.90 Å². The number of rotatable bonds is 4. The van der Waals surface area contributed by atoms with Gasteiger partial charge in [-0.2, -0.15) is 0 Å². The molecule has 5 heteroatoms. The molecule has 1 aliphatic rings. The van der Waals surface area contributed by atoms with Crippen molar-refractivity contribution in [2.75, 3.05) is 13.2 Å². The molecular weight excluding hydrogens is 272 g/mol. The standard InChI is InChI=1S/C15H20N2O2S/c16-15(20)12-6-4-11(5-7-12)9-14(19)17-8-2-1-3-13(17)10-18/h4-7,13,18H,1-3,8-10H2,(H2,16,20). The van der Waals surface area contributed by atoms with E-state index in [9.17, 15) is 9.90 Å². The number of thiocarbonyl (C=S) groups is 1. The SMILES string of the molecule is NC(=S)c1ccc(CC(=O)N2CCCCC2CO)cc1. The van der Waals surface area contributed by atoms with Crippen molar-refractivity contribution in [1.29, 1.82) is 0 Å². The molecule has 1 unspecified atom stereocenters. The highest BCUT2D eigenvalue weighted by atomic mass is 32.1. The number of hydrogen-bond donors (Lipinski definition) is 2. The number of hydrogen-bond acceptors (Lipinski definition) is 3. The van der Waals surface area contributed by atoms with Crippen molar-refractivity contribution in [3.05, 3.63) is 35.4 Å². The van der Waals surface area contributed by atoms with Crippen LogP contribution in [-0.4, -0.2) is 40.1 Å². The minimum atomic E-state index is -0.0212. The van der Waals surface area contributed by atoms with Crippen molar-refractivity contribution in [3.8, 4) is 0 Å². The van der Waals surface area contributed by atoms with E-state index >= 15 is 0 Å². The highest BCUT2D eigenvalue weighted by Gasteiger charge is 2.25. The summed E-state index contributed by atoms with van der Waals surface area (Å²) in [7, 11) is 0. The number of nitrogens with zero attached hydrogens (tertiary/aromatic N) is 1. The molecule has 0 bridgehead atoms. The molecule has 4 nitrogen and oxygen atoms in total. The van der Waals surface area contributed by atoms with E-state index in [1.165, 1.54) is 0 Å². The lowest BCUT2D eigenvalue weighted by molar-refractivity contribution is -0.135. The zero-order chi connectivity index (χ0) is 14.5. The summed E-state index contributed by atoms with van der Waals surface area (Å²) in [5.41, 5.74) is 7.30. The molecule has 0 aromatic heterocycles. The molecule has 1 saturated heterocycles. The molecule has 20 heavy (non-hydrogen) atoms. The molecule has 1 aliphatic heterocycles. The number of aliphatic hydroxyl groups is 1. The van der Waals surface area contributed by atoms with Gasteiger partial charge in [-0.05, 0) is 24.8 Å². The number of amides is 1. The Morgan fingerprint density at radius 3 is 2.65 bits per heavy atom. The van der Waals surface area contributed by atoms with Crippen LogP contribution in [0.2, 0.25) is 0 Å². The normalized spacial score (nSPS) is 18.9. The van der Waals surface area contributed by atoms with E-state index in [1.54, 1.807) is 0 Å². The first-order valence-electron chi connectivity index (χ1n) is 6.91. The van der Waals surface area contributed by atoms with Crippen LogP contribution in [0.15, 0.2) is 24.3 Å². The maximum Gasteiger partial charge on any atom is 0.227 e. The van der Waals surface area contributed by atoms with Crippen LogP contribution in [0.1, 0.15) is 30.4 Å². The number of piperidine rings is 1. The third-order valence-electron chi connectivity index (χ3n) is 3.75. The Labute approximate surface area is 124 Å². The first-order chi connectivity index (χ1) is 9.61.